The number of hydrogen-bond acceptors (Lipinski definition) is 12. The van der Waals surface area contributed by atoms with Gasteiger partial charge in [0, 0.05) is 35.7 Å². The molecular weight excluding hydrogens is 1350 g/mol. The smallest absolute Gasteiger partial charge is 0.156 e. The van der Waals surface area contributed by atoms with Crippen molar-refractivity contribution < 1.29 is 56.8 Å². The van der Waals surface area contributed by atoms with Crippen molar-refractivity contribution in [3.05, 3.63) is 324 Å². The minimum Gasteiger partial charge on any atom is -0.501 e. The molecule has 0 saturated carbocycles. The van der Waals surface area contributed by atoms with Crippen LogP contribution in [0.4, 0.5) is 0 Å². The van der Waals surface area contributed by atoms with Crippen LogP contribution in [0, 0.1) is 0 Å². The van der Waals surface area contributed by atoms with E-state index in [0.29, 0.717) is 121 Å². The normalized spacial score (nSPS) is 10.4. The van der Waals surface area contributed by atoms with Crippen molar-refractivity contribution in [2.24, 2.45) is 0 Å². The second-order valence-electron chi connectivity index (χ2n) is 19.5. The molecule has 0 unspecified atom stereocenters. The summed E-state index contributed by atoms with van der Waals surface area (Å²) in [7, 11) is 0. The van der Waals surface area contributed by atoms with Crippen LogP contribution in [0.2, 0.25) is 30.1 Å². The summed E-state index contributed by atoms with van der Waals surface area (Å²) >= 11 is 35.5. The Labute approximate surface area is 606 Å². The molecule has 0 aliphatic carbocycles. The average molecular weight is 1450 g/mol. The van der Waals surface area contributed by atoms with Gasteiger partial charge in [0.2, 0.25) is 0 Å². The number of rotatable bonds is 40. The second kappa shape index (κ2) is 61.2. The highest BCUT2D eigenvalue weighted by Gasteiger charge is 2.10. The van der Waals surface area contributed by atoms with Gasteiger partial charge in [0.05, 0.1) is 111 Å². The Kier molecular flexibility index (Phi) is 54.6. The van der Waals surface area contributed by atoms with E-state index in [9.17, 15) is 0 Å². The van der Waals surface area contributed by atoms with E-state index >= 15 is 0 Å². The molecular formula is C79H92Cl6O12. The van der Waals surface area contributed by atoms with Crippen molar-refractivity contribution in [1.29, 1.82) is 0 Å². The summed E-state index contributed by atoms with van der Waals surface area (Å²) in [6.45, 7) is 34.4. The third kappa shape index (κ3) is 52.4. The summed E-state index contributed by atoms with van der Waals surface area (Å²) in [5, 5.41) is 2.58. The van der Waals surface area contributed by atoms with Crippen molar-refractivity contribution in [3.63, 3.8) is 0 Å². The fourth-order valence-electron chi connectivity index (χ4n) is 6.35. The lowest BCUT2D eigenvalue weighted by molar-refractivity contribution is 0.179. The third-order valence-electron chi connectivity index (χ3n) is 10.8. The van der Waals surface area contributed by atoms with E-state index in [-0.39, 0.29) is 0 Å². The quantitative estimate of drug-likeness (QED) is 0.0207. The topological polar surface area (TPSA) is 111 Å². The molecule has 0 bridgehead atoms. The third-order valence-corrected chi connectivity index (χ3v) is 12.3. The molecule has 6 rings (SSSR count). The van der Waals surface area contributed by atoms with Gasteiger partial charge < -0.3 is 56.8 Å². The Hall–Kier alpha value is -8.46. The van der Waals surface area contributed by atoms with Crippen LogP contribution in [0.25, 0.3) is 0 Å². The van der Waals surface area contributed by atoms with Gasteiger partial charge in [-0.05, 0) is 130 Å². The van der Waals surface area contributed by atoms with E-state index in [2.05, 4.69) is 39.5 Å². The van der Waals surface area contributed by atoms with Gasteiger partial charge >= 0.3 is 0 Å². The molecule has 0 radical (unpaired) electrons. The molecule has 12 nitrogen and oxygen atoms in total. The number of para-hydroxylation sites is 4. The predicted octanol–water partition coefficient (Wildman–Crippen LogP) is 23.3. The summed E-state index contributed by atoms with van der Waals surface area (Å²) in [6.07, 6.45) is 28.6. The molecule has 0 heterocycles. The Morgan fingerprint density at radius 1 is 0.299 bits per heavy atom. The highest BCUT2D eigenvalue weighted by molar-refractivity contribution is 6.41. The maximum Gasteiger partial charge on any atom is 0.156 e. The molecule has 522 valence electrons. The van der Waals surface area contributed by atoms with E-state index < -0.39 is 0 Å². The lowest BCUT2D eigenvalue weighted by atomic mass is 10.3. The van der Waals surface area contributed by atoms with Crippen molar-refractivity contribution in [2.45, 2.75) is 46.5 Å². The molecule has 6 aromatic rings. The van der Waals surface area contributed by atoms with Crippen molar-refractivity contribution in [3.8, 4) is 34.5 Å². The first-order valence-corrected chi connectivity index (χ1v) is 33.1. The van der Waals surface area contributed by atoms with Crippen LogP contribution in [0.1, 0.15) is 46.5 Å². The molecule has 0 amide bonds. The van der Waals surface area contributed by atoms with Crippen molar-refractivity contribution in [1.82, 2.24) is 0 Å². The minimum absolute atomic E-state index is 0.403. The lowest BCUT2D eigenvalue weighted by Crippen LogP contribution is -2.03. The molecule has 0 fully saturated rings. The first-order valence-electron chi connectivity index (χ1n) is 30.8. The molecule has 18 heteroatoms. The summed E-state index contributed by atoms with van der Waals surface area (Å²) in [5.74, 6) is 4.43. The van der Waals surface area contributed by atoms with Crippen molar-refractivity contribution in [2.75, 3.05) is 79.3 Å². The molecule has 0 N–H and O–H groups in total. The number of hydrogen-bond donors (Lipinski definition) is 0. The van der Waals surface area contributed by atoms with Crippen LogP contribution in [0.3, 0.4) is 0 Å². The zero-order valence-corrected chi connectivity index (χ0v) is 60.3. The van der Waals surface area contributed by atoms with Gasteiger partial charge in [-0.1, -0.05) is 217 Å². The largest absolute Gasteiger partial charge is 0.501 e. The minimum atomic E-state index is 0.403. The summed E-state index contributed by atoms with van der Waals surface area (Å²) in [6, 6.07) is 45.3. The standard InChI is InChI=1S/C14H15Cl3O2.C14H18O2.C13H13Cl3O2.2C13H16O2.C12H14O2/c1-10(2)4-7-18-5-3-6-19-14-12(16)8-11(15)9-13(14)17;1-13(2)9-12-15-10-6-11-16-14-7-4-3-5-8-14;1-2-3-5-17-6-4-7-18-13-11(15)8-10(14)9-12(13)16;1-12(2)8-9-14-10-11-15-13-6-4-3-5-7-13;1-2-3-10-14-11-7-12-15-13-8-5-4-6-9-13;1-2-3-9-13-10-11-14-12-7-5-4-6-8-12/h4,7-9H,1,3,5-6H2,2H3;3-5,7-9,12H,1,6,10-11H2,2H3;2-3,5,8-9H,1,4,6-7H2;3-9H,1,10-11H2,2H3;2-6,8-10H,1,7,11-12H2;2-9H,1,10-11H2. The first kappa shape index (κ1) is 86.6. The lowest BCUT2D eigenvalue weighted by Gasteiger charge is -2.10. The van der Waals surface area contributed by atoms with Crippen molar-refractivity contribution >= 4 is 69.6 Å². The van der Waals surface area contributed by atoms with Crippen LogP contribution < -0.4 is 28.4 Å². The fourth-order valence-corrected chi connectivity index (χ4v) is 8.20. The van der Waals surface area contributed by atoms with E-state index in [4.69, 9.17) is 126 Å². The number of allylic oxidation sites excluding steroid dienone is 12. The van der Waals surface area contributed by atoms with Crippen LogP contribution >= 0.6 is 69.6 Å². The van der Waals surface area contributed by atoms with E-state index in [1.165, 1.54) is 0 Å². The maximum absolute atomic E-state index is 5.99. The SMILES string of the molecule is C=C(C)C=COCCCOc1c(Cl)cc(Cl)cc1Cl.C=C(C)C=COCCCOc1ccccc1.C=C(C)C=COCCOc1ccccc1.C=CC=COCCCOc1c(Cl)cc(Cl)cc1Cl.C=CC=COCCCOc1ccccc1.C=CC=COCCOc1ccccc1. The molecule has 0 spiro atoms. The van der Waals surface area contributed by atoms with E-state index in [1.54, 1.807) is 104 Å². The predicted molar refractivity (Wildman–Crippen MR) is 406 cm³/mol. The Morgan fingerprint density at radius 3 is 0.784 bits per heavy atom. The average Bonchev–Trinajstić information content (AvgIpc) is 1.60. The molecule has 0 aromatic heterocycles. The number of benzene rings is 6. The van der Waals surface area contributed by atoms with Crippen LogP contribution in [0.15, 0.2) is 294 Å². The number of halogens is 6. The number of ether oxygens (including phenoxy) is 12. The molecule has 97 heavy (non-hydrogen) atoms. The Morgan fingerprint density at radius 2 is 0.526 bits per heavy atom. The monoisotopic (exact) mass is 1440 g/mol. The first-order chi connectivity index (χ1) is 47.1. The van der Waals surface area contributed by atoms with Crippen LogP contribution in [0.5, 0.6) is 34.5 Å². The van der Waals surface area contributed by atoms with Crippen LogP contribution in [-0.2, 0) is 28.4 Å². The van der Waals surface area contributed by atoms with Gasteiger partial charge in [-0.25, -0.2) is 0 Å². The van der Waals surface area contributed by atoms with E-state index in [1.807, 2.05) is 154 Å². The van der Waals surface area contributed by atoms with Gasteiger partial charge in [0.15, 0.2) is 11.5 Å². The van der Waals surface area contributed by atoms with Gasteiger partial charge in [0.1, 0.15) is 49.4 Å². The van der Waals surface area contributed by atoms with Gasteiger partial charge in [-0.3, -0.25) is 0 Å². The molecule has 0 aliphatic heterocycles. The van der Waals surface area contributed by atoms with Gasteiger partial charge in [0.25, 0.3) is 0 Å². The molecule has 0 saturated heterocycles. The van der Waals surface area contributed by atoms with E-state index in [0.717, 1.165) is 65.4 Å². The van der Waals surface area contributed by atoms with Gasteiger partial charge in [-0.15, -0.1) is 0 Å². The maximum atomic E-state index is 5.99. The Bertz CT molecular complexity index is 3180. The highest BCUT2D eigenvalue weighted by Crippen LogP contribution is 2.37. The summed E-state index contributed by atoms with van der Waals surface area (Å²) in [5.41, 5.74) is 2.90. The summed E-state index contributed by atoms with van der Waals surface area (Å²) in [4.78, 5) is 0. The fraction of sp³-hybridized carbons (Fsp3) is 0.241. The highest BCUT2D eigenvalue weighted by atomic mass is 35.5. The zero-order valence-electron chi connectivity index (χ0n) is 55.7. The summed E-state index contributed by atoms with van der Waals surface area (Å²) < 4.78 is 64.0. The van der Waals surface area contributed by atoms with Crippen LogP contribution in [-0.4, -0.2) is 79.3 Å². The molecule has 0 atom stereocenters. The molecule has 6 aromatic carbocycles. The second-order valence-corrected chi connectivity index (χ2v) is 22.0. The molecule has 0 aliphatic rings. The zero-order chi connectivity index (χ0) is 71.0. The Balaban J connectivity index is 0.000000584. The van der Waals surface area contributed by atoms with Gasteiger partial charge in [-0.2, -0.15) is 0 Å².